The van der Waals surface area contributed by atoms with Gasteiger partial charge >= 0.3 is 0 Å². The van der Waals surface area contributed by atoms with Gasteiger partial charge in [-0.3, -0.25) is 5.10 Å². The molecule has 1 saturated carbocycles. The molecule has 2 N–H and O–H groups in total. The molecule has 0 saturated heterocycles. The predicted octanol–water partition coefficient (Wildman–Crippen LogP) is 0.795. The number of nitrogens with one attached hydrogen (secondary N) is 2. The second-order valence-electron chi connectivity index (χ2n) is 3.99. The Morgan fingerprint density at radius 3 is 2.87 bits per heavy atom. The van der Waals surface area contributed by atoms with Crippen LogP contribution in [0.15, 0.2) is 11.1 Å². The average Bonchev–Trinajstić information content (AvgIpc) is 2.74. The van der Waals surface area contributed by atoms with Gasteiger partial charge in [0.25, 0.3) is 0 Å². The van der Waals surface area contributed by atoms with Crippen molar-refractivity contribution in [3.8, 4) is 0 Å². The van der Waals surface area contributed by atoms with Crippen molar-refractivity contribution >= 4 is 10.0 Å². The summed E-state index contributed by atoms with van der Waals surface area (Å²) in [6.45, 7) is 3.77. The Bertz CT molecular complexity index is 452. The third-order valence-electron chi connectivity index (χ3n) is 2.83. The van der Waals surface area contributed by atoms with E-state index in [1.807, 2.05) is 0 Å². The van der Waals surface area contributed by atoms with E-state index in [1.165, 1.54) is 6.20 Å². The topological polar surface area (TPSA) is 74.8 Å². The van der Waals surface area contributed by atoms with E-state index in [4.69, 9.17) is 0 Å². The highest BCUT2D eigenvalue weighted by Crippen LogP contribution is 2.34. The summed E-state index contributed by atoms with van der Waals surface area (Å²) in [5, 5.41) is 6.34. The van der Waals surface area contributed by atoms with E-state index < -0.39 is 10.0 Å². The lowest BCUT2D eigenvalue weighted by molar-refractivity contribution is 0.575. The maximum absolute atomic E-state index is 11.9. The second kappa shape index (κ2) is 3.61. The normalized spacial score (nSPS) is 25.5. The van der Waals surface area contributed by atoms with Crippen LogP contribution in [0, 0.1) is 12.8 Å². The van der Waals surface area contributed by atoms with Crippen LogP contribution >= 0.6 is 0 Å². The van der Waals surface area contributed by atoms with Gasteiger partial charge in [0, 0.05) is 6.04 Å². The predicted molar refractivity (Wildman–Crippen MR) is 55.8 cm³/mol. The van der Waals surface area contributed by atoms with Crippen LogP contribution in [-0.4, -0.2) is 24.7 Å². The zero-order valence-corrected chi connectivity index (χ0v) is 9.63. The summed E-state index contributed by atoms with van der Waals surface area (Å²) in [5.41, 5.74) is 0.580. The van der Waals surface area contributed by atoms with Crippen LogP contribution in [-0.2, 0) is 10.0 Å². The highest BCUT2D eigenvalue weighted by atomic mass is 32.2. The Morgan fingerprint density at radius 1 is 1.67 bits per heavy atom. The molecule has 2 rings (SSSR count). The largest absolute Gasteiger partial charge is 0.281 e. The van der Waals surface area contributed by atoms with Crippen molar-refractivity contribution in [2.75, 3.05) is 0 Å². The van der Waals surface area contributed by atoms with Crippen molar-refractivity contribution in [2.24, 2.45) is 5.92 Å². The molecule has 84 valence electrons. The molecule has 2 unspecified atom stereocenters. The summed E-state index contributed by atoms with van der Waals surface area (Å²) in [6.07, 6.45) is 3.32. The maximum atomic E-state index is 11.9. The Labute approximate surface area is 89.3 Å². The van der Waals surface area contributed by atoms with Gasteiger partial charge in [-0.25, -0.2) is 13.1 Å². The van der Waals surface area contributed by atoms with Gasteiger partial charge in [0.15, 0.2) is 0 Å². The number of sulfonamides is 1. The van der Waals surface area contributed by atoms with Gasteiger partial charge in [-0.2, -0.15) is 5.10 Å². The van der Waals surface area contributed by atoms with Crippen molar-refractivity contribution in [2.45, 2.75) is 37.6 Å². The molecule has 5 nitrogen and oxygen atoms in total. The Kier molecular flexibility index (Phi) is 2.56. The molecule has 0 aliphatic heterocycles. The lowest BCUT2D eigenvalue weighted by Crippen LogP contribution is -2.27. The minimum atomic E-state index is -3.37. The van der Waals surface area contributed by atoms with Crippen LogP contribution in [0.4, 0.5) is 0 Å². The van der Waals surface area contributed by atoms with Crippen molar-refractivity contribution in [3.63, 3.8) is 0 Å². The second-order valence-corrected chi connectivity index (χ2v) is 5.67. The fraction of sp³-hybridized carbons (Fsp3) is 0.667. The Balaban J connectivity index is 2.12. The third kappa shape index (κ3) is 2.05. The van der Waals surface area contributed by atoms with Crippen LogP contribution in [0.5, 0.6) is 0 Å². The van der Waals surface area contributed by atoms with Gasteiger partial charge in [-0.15, -0.1) is 0 Å². The quantitative estimate of drug-likeness (QED) is 0.801. The molecular weight excluding hydrogens is 214 g/mol. The molecule has 0 radical (unpaired) electrons. The summed E-state index contributed by atoms with van der Waals surface area (Å²) in [5.74, 6) is 0.506. The zero-order chi connectivity index (χ0) is 11.1. The molecule has 1 aromatic heterocycles. The van der Waals surface area contributed by atoms with Crippen LogP contribution in [0.1, 0.15) is 25.5 Å². The molecular formula is C9H15N3O2S. The summed E-state index contributed by atoms with van der Waals surface area (Å²) in [6, 6.07) is 0.120. The molecule has 1 aliphatic rings. The Morgan fingerprint density at radius 2 is 2.40 bits per heavy atom. The monoisotopic (exact) mass is 229 g/mol. The van der Waals surface area contributed by atoms with Gasteiger partial charge in [-0.05, 0) is 19.3 Å². The molecule has 1 heterocycles. The van der Waals surface area contributed by atoms with E-state index in [2.05, 4.69) is 21.8 Å². The molecule has 0 bridgehead atoms. The fourth-order valence-electron chi connectivity index (χ4n) is 1.72. The van der Waals surface area contributed by atoms with E-state index in [9.17, 15) is 8.42 Å². The van der Waals surface area contributed by atoms with E-state index >= 15 is 0 Å². The first-order chi connectivity index (χ1) is 7.04. The Hall–Kier alpha value is -0.880. The maximum Gasteiger partial charge on any atom is 0.244 e. The van der Waals surface area contributed by atoms with Crippen molar-refractivity contribution in [1.29, 1.82) is 0 Å². The number of aromatic amines is 1. The minimum Gasteiger partial charge on any atom is -0.281 e. The summed E-state index contributed by atoms with van der Waals surface area (Å²) in [4.78, 5) is 0.254. The molecule has 6 heteroatoms. The summed E-state index contributed by atoms with van der Waals surface area (Å²) in [7, 11) is -3.37. The number of rotatable bonds is 4. The number of hydrogen-bond donors (Lipinski definition) is 2. The average molecular weight is 229 g/mol. The van der Waals surface area contributed by atoms with Gasteiger partial charge in [-0.1, -0.05) is 13.3 Å². The highest BCUT2D eigenvalue weighted by molar-refractivity contribution is 7.89. The molecule has 1 aromatic rings. The smallest absolute Gasteiger partial charge is 0.244 e. The van der Waals surface area contributed by atoms with Crippen molar-refractivity contribution in [1.82, 2.24) is 14.9 Å². The molecule has 0 aromatic carbocycles. The van der Waals surface area contributed by atoms with Gasteiger partial charge < -0.3 is 0 Å². The molecule has 1 fully saturated rings. The number of nitrogens with zero attached hydrogens (tertiary/aromatic N) is 1. The molecule has 0 spiro atoms. The lowest BCUT2D eigenvalue weighted by atomic mass is 10.3. The molecule has 15 heavy (non-hydrogen) atoms. The van der Waals surface area contributed by atoms with E-state index in [0.717, 1.165) is 12.8 Å². The SMILES string of the molecule is CCC1CC1NS(=O)(=O)c1cn[nH]c1C. The lowest BCUT2D eigenvalue weighted by Gasteiger charge is -2.04. The fourth-order valence-corrected chi connectivity index (χ4v) is 3.17. The molecule has 2 atom stereocenters. The number of aromatic nitrogens is 2. The zero-order valence-electron chi connectivity index (χ0n) is 8.82. The molecule has 1 aliphatic carbocycles. The van der Waals surface area contributed by atoms with Crippen LogP contribution < -0.4 is 4.72 Å². The van der Waals surface area contributed by atoms with Crippen LogP contribution in [0.2, 0.25) is 0 Å². The number of H-pyrrole nitrogens is 1. The third-order valence-corrected chi connectivity index (χ3v) is 4.43. The first-order valence-corrected chi connectivity index (χ1v) is 6.55. The van der Waals surface area contributed by atoms with Gasteiger partial charge in [0.2, 0.25) is 10.0 Å². The highest BCUT2D eigenvalue weighted by Gasteiger charge is 2.39. The first-order valence-electron chi connectivity index (χ1n) is 5.07. The first kappa shape index (κ1) is 10.6. The number of hydrogen-bond acceptors (Lipinski definition) is 3. The van der Waals surface area contributed by atoms with Crippen molar-refractivity contribution < 1.29 is 8.42 Å². The van der Waals surface area contributed by atoms with Gasteiger partial charge in [0.1, 0.15) is 4.90 Å². The van der Waals surface area contributed by atoms with Crippen LogP contribution in [0.3, 0.4) is 0 Å². The van der Waals surface area contributed by atoms with Crippen LogP contribution in [0.25, 0.3) is 0 Å². The van der Waals surface area contributed by atoms with E-state index in [0.29, 0.717) is 11.6 Å². The number of aryl methyl sites for hydroxylation is 1. The van der Waals surface area contributed by atoms with Crippen molar-refractivity contribution in [3.05, 3.63) is 11.9 Å². The van der Waals surface area contributed by atoms with E-state index in [-0.39, 0.29) is 10.9 Å². The summed E-state index contributed by atoms with van der Waals surface area (Å²) < 4.78 is 26.4. The standard InChI is InChI=1S/C9H15N3O2S/c1-3-7-4-8(7)12-15(13,14)9-5-10-11-6(9)2/h5,7-8,12H,3-4H2,1-2H3,(H,10,11). The molecule has 0 amide bonds. The van der Waals surface area contributed by atoms with E-state index in [1.54, 1.807) is 6.92 Å². The minimum absolute atomic E-state index is 0.120. The van der Waals surface area contributed by atoms with Gasteiger partial charge in [0.05, 0.1) is 11.9 Å². The summed E-state index contributed by atoms with van der Waals surface area (Å²) >= 11 is 0.